The topological polar surface area (TPSA) is 53.1 Å². The molecule has 1 aromatic rings. The van der Waals surface area contributed by atoms with Crippen LogP contribution in [0.5, 0.6) is 0 Å². The molecule has 4 nitrogen and oxygen atoms in total. The van der Waals surface area contributed by atoms with E-state index in [2.05, 4.69) is 35.9 Å². The number of hydrogen-bond donors (Lipinski definition) is 1. The Hall–Kier alpha value is -0.870. The molecule has 2 heterocycles. The van der Waals surface area contributed by atoms with E-state index >= 15 is 0 Å². The van der Waals surface area contributed by atoms with Gasteiger partial charge in [0.1, 0.15) is 0 Å². The highest BCUT2D eigenvalue weighted by atomic mass is 16.5. The van der Waals surface area contributed by atoms with Crippen molar-refractivity contribution in [3.63, 3.8) is 0 Å². The molecule has 0 bridgehead atoms. The van der Waals surface area contributed by atoms with Crippen LogP contribution >= 0.6 is 0 Å². The number of hydrogen-bond acceptors (Lipinski definition) is 3. The van der Waals surface area contributed by atoms with Gasteiger partial charge < -0.3 is 10.5 Å². The molecule has 1 aromatic heterocycles. The standard InChI is InChI=1S/C14H25N3O/c1-3-13(4-2)17-7-5-12(16-17)9-11-10-18-8-6-14(11)15/h5,7,11,13-14H,3-4,6,8-10,15H2,1-2H3. The number of nitrogens with two attached hydrogens (primary N) is 1. The van der Waals surface area contributed by atoms with E-state index < -0.39 is 0 Å². The van der Waals surface area contributed by atoms with E-state index in [9.17, 15) is 0 Å². The van der Waals surface area contributed by atoms with E-state index in [1.807, 2.05) is 0 Å². The Bertz CT molecular complexity index is 360. The summed E-state index contributed by atoms with van der Waals surface area (Å²) in [5.41, 5.74) is 7.28. The second-order valence-corrected chi connectivity index (χ2v) is 5.25. The summed E-state index contributed by atoms with van der Waals surface area (Å²) in [5.74, 6) is 0.420. The molecular weight excluding hydrogens is 226 g/mol. The first-order valence-corrected chi connectivity index (χ1v) is 7.12. The summed E-state index contributed by atoms with van der Waals surface area (Å²) >= 11 is 0. The van der Waals surface area contributed by atoms with Crippen LogP contribution in [0.4, 0.5) is 0 Å². The predicted octanol–water partition coefficient (Wildman–Crippen LogP) is 2.15. The summed E-state index contributed by atoms with van der Waals surface area (Å²) in [4.78, 5) is 0. The van der Waals surface area contributed by atoms with Crippen molar-refractivity contribution in [1.29, 1.82) is 0 Å². The molecule has 0 radical (unpaired) electrons. The Morgan fingerprint density at radius 3 is 2.94 bits per heavy atom. The van der Waals surface area contributed by atoms with Crippen molar-refractivity contribution in [2.75, 3.05) is 13.2 Å². The molecule has 0 aromatic carbocycles. The van der Waals surface area contributed by atoms with Crippen LogP contribution in [0, 0.1) is 5.92 Å². The summed E-state index contributed by atoms with van der Waals surface area (Å²) in [6.07, 6.45) is 6.27. The van der Waals surface area contributed by atoms with Crippen molar-refractivity contribution in [3.05, 3.63) is 18.0 Å². The molecule has 2 rings (SSSR count). The predicted molar refractivity (Wildman–Crippen MR) is 72.5 cm³/mol. The number of nitrogens with zero attached hydrogens (tertiary/aromatic N) is 2. The second kappa shape index (κ2) is 6.34. The molecule has 2 atom stereocenters. The molecule has 2 unspecified atom stereocenters. The minimum Gasteiger partial charge on any atom is -0.381 e. The van der Waals surface area contributed by atoms with Gasteiger partial charge in [0.25, 0.3) is 0 Å². The number of rotatable bonds is 5. The van der Waals surface area contributed by atoms with Gasteiger partial charge >= 0.3 is 0 Å². The van der Waals surface area contributed by atoms with Crippen LogP contribution in [-0.4, -0.2) is 29.0 Å². The Kier molecular flexibility index (Phi) is 4.78. The van der Waals surface area contributed by atoms with Crippen LogP contribution in [0.15, 0.2) is 12.3 Å². The molecule has 1 saturated heterocycles. The Morgan fingerprint density at radius 1 is 1.50 bits per heavy atom. The minimum absolute atomic E-state index is 0.261. The maximum Gasteiger partial charge on any atom is 0.0628 e. The first kappa shape index (κ1) is 13.6. The fourth-order valence-corrected chi connectivity index (χ4v) is 2.64. The highest BCUT2D eigenvalue weighted by Gasteiger charge is 2.23. The molecule has 0 aliphatic carbocycles. The summed E-state index contributed by atoms with van der Waals surface area (Å²) in [6.45, 7) is 6.00. The zero-order valence-electron chi connectivity index (χ0n) is 11.5. The lowest BCUT2D eigenvalue weighted by atomic mass is 9.92. The van der Waals surface area contributed by atoms with E-state index in [4.69, 9.17) is 10.5 Å². The molecule has 1 fully saturated rings. The molecule has 4 heteroatoms. The van der Waals surface area contributed by atoms with Gasteiger partial charge in [-0.25, -0.2) is 0 Å². The summed E-state index contributed by atoms with van der Waals surface area (Å²) in [6, 6.07) is 2.91. The lowest BCUT2D eigenvalue weighted by Crippen LogP contribution is -2.39. The third-order valence-electron chi connectivity index (χ3n) is 3.98. The molecule has 1 aliphatic heterocycles. The molecule has 2 N–H and O–H groups in total. The van der Waals surface area contributed by atoms with Crippen LogP contribution in [0.2, 0.25) is 0 Å². The zero-order valence-corrected chi connectivity index (χ0v) is 11.5. The quantitative estimate of drug-likeness (QED) is 0.872. The molecule has 102 valence electrons. The Labute approximate surface area is 110 Å². The van der Waals surface area contributed by atoms with Crippen molar-refractivity contribution in [2.24, 2.45) is 11.7 Å². The maximum absolute atomic E-state index is 6.13. The van der Waals surface area contributed by atoms with Crippen molar-refractivity contribution < 1.29 is 4.74 Å². The SMILES string of the molecule is CCC(CC)n1ccc(CC2COCCC2N)n1. The minimum atomic E-state index is 0.261. The van der Waals surface area contributed by atoms with E-state index in [0.29, 0.717) is 12.0 Å². The number of aromatic nitrogens is 2. The molecule has 0 spiro atoms. The van der Waals surface area contributed by atoms with Crippen molar-refractivity contribution >= 4 is 0 Å². The van der Waals surface area contributed by atoms with Gasteiger partial charge in [0.2, 0.25) is 0 Å². The first-order valence-electron chi connectivity index (χ1n) is 7.12. The second-order valence-electron chi connectivity index (χ2n) is 5.25. The molecule has 0 saturated carbocycles. The lowest BCUT2D eigenvalue weighted by molar-refractivity contribution is 0.0418. The van der Waals surface area contributed by atoms with Crippen LogP contribution in [0.1, 0.15) is 44.8 Å². The highest BCUT2D eigenvalue weighted by molar-refractivity contribution is 5.02. The van der Waals surface area contributed by atoms with Gasteiger partial charge in [0.15, 0.2) is 0 Å². The van der Waals surface area contributed by atoms with Crippen LogP contribution in [0.25, 0.3) is 0 Å². The van der Waals surface area contributed by atoms with Gasteiger partial charge in [-0.15, -0.1) is 0 Å². The average Bonchev–Trinajstić information content (AvgIpc) is 2.82. The van der Waals surface area contributed by atoms with Crippen molar-refractivity contribution in [3.8, 4) is 0 Å². The van der Waals surface area contributed by atoms with Crippen molar-refractivity contribution in [1.82, 2.24) is 9.78 Å². The van der Waals surface area contributed by atoms with Gasteiger partial charge in [0, 0.05) is 24.8 Å². The molecule has 18 heavy (non-hydrogen) atoms. The fourth-order valence-electron chi connectivity index (χ4n) is 2.64. The van der Waals surface area contributed by atoms with Crippen molar-refractivity contribution in [2.45, 2.75) is 51.6 Å². The molecule has 1 aliphatic rings. The van der Waals surface area contributed by atoms with E-state index in [0.717, 1.165) is 44.6 Å². The zero-order chi connectivity index (χ0) is 13.0. The van der Waals surface area contributed by atoms with Crippen LogP contribution in [0.3, 0.4) is 0 Å². The van der Waals surface area contributed by atoms with Gasteiger partial charge in [-0.05, 0) is 31.7 Å². The first-order chi connectivity index (χ1) is 8.74. The fraction of sp³-hybridized carbons (Fsp3) is 0.786. The van der Waals surface area contributed by atoms with Gasteiger partial charge in [0.05, 0.1) is 18.3 Å². The van der Waals surface area contributed by atoms with Crippen LogP contribution in [-0.2, 0) is 11.2 Å². The van der Waals surface area contributed by atoms with Gasteiger partial charge in [-0.2, -0.15) is 5.10 Å². The lowest BCUT2D eigenvalue weighted by Gasteiger charge is -2.28. The largest absolute Gasteiger partial charge is 0.381 e. The van der Waals surface area contributed by atoms with E-state index in [1.54, 1.807) is 0 Å². The van der Waals surface area contributed by atoms with Crippen LogP contribution < -0.4 is 5.73 Å². The Balaban J connectivity index is 1.97. The summed E-state index contributed by atoms with van der Waals surface area (Å²) < 4.78 is 7.61. The summed E-state index contributed by atoms with van der Waals surface area (Å²) in [7, 11) is 0. The summed E-state index contributed by atoms with van der Waals surface area (Å²) in [5, 5.41) is 4.69. The smallest absolute Gasteiger partial charge is 0.0628 e. The third kappa shape index (κ3) is 3.12. The molecule has 0 amide bonds. The monoisotopic (exact) mass is 251 g/mol. The van der Waals surface area contributed by atoms with Gasteiger partial charge in [-0.1, -0.05) is 13.8 Å². The normalized spacial score (nSPS) is 24.7. The van der Waals surface area contributed by atoms with E-state index in [1.165, 1.54) is 0 Å². The Morgan fingerprint density at radius 2 is 2.28 bits per heavy atom. The van der Waals surface area contributed by atoms with E-state index in [-0.39, 0.29) is 6.04 Å². The average molecular weight is 251 g/mol. The number of ether oxygens (including phenoxy) is 1. The molecular formula is C14H25N3O. The third-order valence-corrected chi connectivity index (χ3v) is 3.98. The highest BCUT2D eigenvalue weighted by Crippen LogP contribution is 2.19. The van der Waals surface area contributed by atoms with Gasteiger partial charge in [-0.3, -0.25) is 4.68 Å². The maximum atomic E-state index is 6.13.